The van der Waals surface area contributed by atoms with E-state index in [2.05, 4.69) is 5.32 Å². The van der Waals surface area contributed by atoms with E-state index in [1.165, 1.54) is 13.8 Å². The van der Waals surface area contributed by atoms with Gasteiger partial charge in [0, 0.05) is 17.2 Å². The summed E-state index contributed by atoms with van der Waals surface area (Å²) in [5.41, 5.74) is -0.403. The van der Waals surface area contributed by atoms with Crippen LogP contribution in [0.5, 0.6) is 0 Å². The van der Waals surface area contributed by atoms with E-state index in [9.17, 15) is 18.4 Å². The molecule has 0 aromatic heterocycles. The van der Waals surface area contributed by atoms with Crippen LogP contribution in [-0.4, -0.2) is 17.0 Å². The third kappa shape index (κ3) is 3.13. The third-order valence-corrected chi connectivity index (χ3v) is 2.40. The fraction of sp³-hybridized carbons (Fsp3) is 0.167. The number of benzene rings is 1. The highest BCUT2D eigenvalue weighted by atomic mass is 19.1. The van der Waals surface area contributed by atoms with Crippen molar-refractivity contribution in [3.05, 3.63) is 41.0 Å². The van der Waals surface area contributed by atoms with Gasteiger partial charge in [-0.1, -0.05) is 0 Å². The van der Waals surface area contributed by atoms with Crippen molar-refractivity contribution in [3.63, 3.8) is 0 Å². The zero-order valence-corrected chi connectivity index (χ0v) is 9.75. The second-order valence-electron chi connectivity index (χ2n) is 3.63. The fourth-order valence-electron chi connectivity index (χ4n) is 1.14. The maximum atomic E-state index is 13.2. The SMILES string of the molecule is CC(C(=O)O)=C(C)C(=O)Nc1ccc(F)cc1F. The lowest BCUT2D eigenvalue weighted by molar-refractivity contribution is -0.133. The quantitative estimate of drug-likeness (QED) is 0.814. The number of carboxylic acids is 1. The number of carbonyl (C=O) groups excluding carboxylic acids is 1. The zero-order valence-electron chi connectivity index (χ0n) is 9.75. The third-order valence-electron chi connectivity index (χ3n) is 2.40. The molecular formula is C12H11F2NO3. The first-order chi connectivity index (χ1) is 8.32. The van der Waals surface area contributed by atoms with Crippen LogP contribution in [0, 0.1) is 11.6 Å². The van der Waals surface area contributed by atoms with Crippen molar-refractivity contribution in [2.24, 2.45) is 0 Å². The van der Waals surface area contributed by atoms with Crippen LogP contribution in [0.1, 0.15) is 13.8 Å². The predicted octanol–water partition coefficient (Wildman–Crippen LogP) is 2.32. The van der Waals surface area contributed by atoms with Gasteiger partial charge < -0.3 is 10.4 Å². The van der Waals surface area contributed by atoms with Crippen LogP contribution in [0.25, 0.3) is 0 Å². The molecule has 0 radical (unpaired) electrons. The Kier molecular flexibility index (Phi) is 4.14. The first-order valence-corrected chi connectivity index (χ1v) is 5.00. The van der Waals surface area contributed by atoms with Gasteiger partial charge in [-0.15, -0.1) is 0 Å². The van der Waals surface area contributed by atoms with E-state index >= 15 is 0 Å². The van der Waals surface area contributed by atoms with Crippen LogP contribution in [0.2, 0.25) is 0 Å². The summed E-state index contributed by atoms with van der Waals surface area (Å²) in [5.74, 6) is -3.67. The number of hydrogen-bond donors (Lipinski definition) is 2. The minimum Gasteiger partial charge on any atom is -0.478 e. The molecule has 0 saturated heterocycles. The lowest BCUT2D eigenvalue weighted by Crippen LogP contribution is -2.17. The Hall–Kier alpha value is -2.24. The largest absolute Gasteiger partial charge is 0.478 e. The van der Waals surface area contributed by atoms with Crippen molar-refractivity contribution in [1.82, 2.24) is 0 Å². The first-order valence-electron chi connectivity index (χ1n) is 5.00. The fourth-order valence-corrected chi connectivity index (χ4v) is 1.14. The van der Waals surface area contributed by atoms with Crippen LogP contribution < -0.4 is 5.32 Å². The molecular weight excluding hydrogens is 244 g/mol. The second kappa shape index (κ2) is 5.39. The van der Waals surface area contributed by atoms with Gasteiger partial charge in [0.25, 0.3) is 5.91 Å². The van der Waals surface area contributed by atoms with Gasteiger partial charge in [0.2, 0.25) is 0 Å². The predicted molar refractivity (Wildman–Crippen MR) is 61.0 cm³/mol. The van der Waals surface area contributed by atoms with E-state index in [-0.39, 0.29) is 16.8 Å². The van der Waals surface area contributed by atoms with E-state index in [1.807, 2.05) is 0 Å². The van der Waals surface area contributed by atoms with Gasteiger partial charge in [-0.2, -0.15) is 0 Å². The summed E-state index contributed by atoms with van der Waals surface area (Å²) in [5, 5.41) is 10.9. The molecule has 0 bridgehead atoms. The number of anilines is 1. The Balaban J connectivity index is 2.95. The molecule has 0 atom stereocenters. The molecule has 0 aliphatic carbocycles. The molecule has 1 rings (SSSR count). The average Bonchev–Trinajstić information content (AvgIpc) is 2.30. The summed E-state index contributed by atoms with van der Waals surface area (Å²) in [7, 11) is 0. The normalized spacial score (nSPS) is 11.8. The van der Waals surface area contributed by atoms with E-state index in [1.54, 1.807) is 0 Å². The molecule has 0 fully saturated rings. The minimum atomic E-state index is -1.23. The Morgan fingerprint density at radius 3 is 2.28 bits per heavy atom. The van der Waals surface area contributed by atoms with Gasteiger partial charge in [0.15, 0.2) is 0 Å². The van der Waals surface area contributed by atoms with Gasteiger partial charge in [-0.05, 0) is 26.0 Å². The summed E-state index contributed by atoms with van der Waals surface area (Å²) in [6.45, 7) is 2.57. The molecule has 2 N–H and O–H groups in total. The van der Waals surface area contributed by atoms with Crippen molar-refractivity contribution in [1.29, 1.82) is 0 Å². The van der Waals surface area contributed by atoms with E-state index in [0.717, 1.165) is 12.1 Å². The van der Waals surface area contributed by atoms with Crippen molar-refractivity contribution in [3.8, 4) is 0 Å². The highest BCUT2D eigenvalue weighted by Gasteiger charge is 2.14. The summed E-state index contributed by atoms with van der Waals surface area (Å²) in [6, 6.07) is 2.67. The number of hydrogen-bond acceptors (Lipinski definition) is 2. The highest BCUT2D eigenvalue weighted by molar-refractivity contribution is 6.08. The Labute approximate surface area is 102 Å². The van der Waals surface area contributed by atoms with Crippen molar-refractivity contribution in [2.45, 2.75) is 13.8 Å². The van der Waals surface area contributed by atoms with E-state index in [0.29, 0.717) is 6.07 Å². The highest BCUT2D eigenvalue weighted by Crippen LogP contribution is 2.16. The lowest BCUT2D eigenvalue weighted by atomic mass is 10.1. The van der Waals surface area contributed by atoms with Crippen molar-refractivity contribution >= 4 is 17.6 Å². The van der Waals surface area contributed by atoms with Gasteiger partial charge in [0.05, 0.1) is 5.69 Å². The molecule has 1 amide bonds. The van der Waals surface area contributed by atoms with Crippen LogP contribution in [0.15, 0.2) is 29.3 Å². The van der Waals surface area contributed by atoms with Crippen LogP contribution >= 0.6 is 0 Å². The van der Waals surface area contributed by atoms with Gasteiger partial charge >= 0.3 is 5.97 Å². The van der Waals surface area contributed by atoms with Crippen LogP contribution in [0.3, 0.4) is 0 Å². The number of halogens is 2. The van der Waals surface area contributed by atoms with Crippen molar-refractivity contribution in [2.75, 3.05) is 5.32 Å². The molecule has 0 aliphatic heterocycles. The average molecular weight is 255 g/mol. The lowest BCUT2D eigenvalue weighted by Gasteiger charge is -2.07. The summed E-state index contributed by atoms with van der Waals surface area (Å²) in [4.78, 5) is 22.3. The summed E-state index contributed by atoms with van der Waals surface area (Å²) >= 11 is 0. The Morgan fingerprint density at radius 2 is 1.78 bits per heavy atom. The van der Waals surface area contributed by atoms with Crippen LogP contribution in [-0.2, 0) is 9.59 Å². The second-order valence-corrected chi connectivity index (χ2v) is 3.63. The summed E-state index contributed by atoms with van der Waals surface area (Å²) in [6.07, 6.45) is 0. The minimum absolute atomic E-state index is 0.0498. The molecule has 1 aromatic rings. The standard InChI is InChI=1S/C12H11F2NO3/c1-6(7(2)12(17)18)11(16)15-10-4-3-8(13)5-9(10)14/h3-5H,1-2H3,(H,15,16)(H,17,18). The molecule has 0 aliphatic rings. The number of rotatable bonds is 3. The summed E-state index contributed by atoms with van der Waals surface area (Å²) < 4.78 is 25.9. The molecule has 6 heteroatoms. The number of carboxylic acid groups (broad SMARTS) is 1. The number of nitrogens with one attached hydrogen (secondary N) is 1. The Morgan fingerprint density at radius 1 is 1.17 bits per heavy atom. The number of carbonyl (C=O) groups is 2. The molecule has 18 heavy (non-hydrogen) atoms. The molecule has 96 valence electrons. The van der Waals surface area contributed by atoms with Gasteiger partial charge in [0.1, 0.15) is 11.6 Å². The Bertz CT molecular complexity index is 538. The van der Waals surface area contributed by atoms with E-state index in [4.69, 9.17) is 5.11 Å². The number of aliphatic carboxylic acids is 1. The molecule has 0 unspecified atom stereocenters. The molecule has 0 heterocycles. The maximum absolute atomic E-state index is 13.2. The van der Waals surface area contributed by atoms with E-state index < -0.39 is 23.5 Å². The zero-order chi connectivity index (χ0) is 13.9. The first kappa shape index (κ1) is 13.8. The topological polar surface area (TPSA) is 66.4 Å². The maximum Gasteiger partial charge on any atom is 0.331 e. The van der Waals surface area contributed by atoms with Gasteiger partial charge in [-0.3, -0.25) is 4.79 Å². The smallest absolute Gasteiger partial charge is 0.331 e. The monoisotopic (exact) mass is 255 g/mol. The molecule has 4 nitrogen and oxygen atoms in total. The number of amides is 1. The van der Waals surface area contributed by atoms with Crippen molar-refractivity contribution < 1.29 is 23.5 Å². The molecule has 0 spiro atoms. The molecule has 0 saturated carbocycles. The molecule has 1 aromatic carbocycles. The van der Waals surface area contributed by atoms with Crippen LogP contribution in [0.4, 0.5) is 14.5 Å². The van der Waals surface area contributed by atoms with Gasteiger partial charge in [-0.25, -0.2) is 13.6 Å².